The monoisotopic (exact) mass is 475 g/mol. The molecule has 0 spiro atoms. The number of carbonyl (C=O) groups excluding carboxylic acids is 2. The van der Waals surface area contributed by atoms with Crippen LogP contribution in [-0.4, -0.2) is 63.2 Å². The highest BCUT2D eigenvalue weighted by Gasteiger charge is 2.28. The zero-order chi connectivity index (χ0) is 24.4. The van der Waals surface area contributed by atoms with Gasteiger partial charge in [0.05, 0.1) is 6.04 Å². The van der Waals surface area contributed by atoms with Crippen molar-refractivity contribution in [3.05, 3.63) is 59.7 Å². The molecule has 0 aliphatic heterocycles. The molecule has 0 aliphatic carbocycles. The molecule has 0 saturated heterocycles. The molecule has 2 rings (SSSR count). The molecule has 2 aromatic rings. The maximum Gasteiger partial charge on any atom is 0.326 e. The molecule has 33 heavy (non-hydrogen) atoms. The molecule has 0 aromatic heterocycles. The largest absolute Gasteiger partial charge is 0.508 e. The van der Waals surface area contributed by atoms with Crippen LogP contribution in [0.3, 0.4) is 0 Å². The molecule has 0 heterocycles. The lowest BCUT2D eigenvalue weighted by atomic mass is 10.0. The van der Waals surface area contributed by atoms with Crippen LogP contribution in [0.1, 0.15) is 17.5 Å². The summed E-state index contributed by atoms with van der Waals surface area (Å²) in [5.74, 6) is -1.67. The summed E-state index contributed by atoms with van der Waals surface area (Å²) in [6, 6.07) is 9.29. The van der Waals surface area contributed by atoms with Gasteiger partial charge in [0.2, 0.25) is 11.8 Å². The van der Waals surface area contributed by atoms with Crippen LogP contribution in [0, 0.1) is 0 Å². The third-order valence-electron chi connectivity index (χ3n) is 4.96. The molecule has 0 fully saturated rings. The van der Waals surface area contributed by atoms with Crippen molar-refractivity contribution >= 4 is 29.5 Å². The fourth-order valence-corrected chi connectivity index (χ4v) is 3.57. The van der Waals surface area contributed by atoms with E-state index in [0.29, 0.717) is 11.3 Å². The number of rotatable bonds is 12. The minimum absolute atomic E-state index is 0.0581. The van der Waals surface area contributed by atoms with Gasteiger partial charge in [-0.05, 0) is 60.2 Å². The number of phenolic OH excluding ortho intramolecular Hbond substituents is 2. The Morgan fingerprint density at radius 2 is 1.33 bits per heavy atom. The first-order valence-corrected chi connectivity index (χ1v) is 11.7. The highest BCUT2D eigenvalue weighted by Crippen LogP contribution is 2.13. The Hall–Kier alpha value is -3.24. The zero-order valence-corrected chi connectivity index (χ0v) is 19.0. The van der Waals surface area contributed by atoms with Crippen LogP contribution in [-0.2, 0) is 27.2 Å². The topological polar surface area (TPSA) is 162 Å². The zero-order valence-electron chi connectivity index (χ0n) is 18.2. The molecule has 178 valence electrons. The van der Waals surface area contributed by atoms with Gasteiger partial charge in [0.15, 0.2) is 0 Å². The van der Waals surface area contributed by atoms with E-state index in [1.807, 2.05) is 6.26 Å². The Bertz CT molecular complexity index is 936. The summed E-state index contributed by atoms with van der Waals surface area (Å²) in [5.41, 5.74) is 7.43. The number of hydrogen-bond donors (Lipinski definition) is 6. The predicted molar refractivity (Wildman–Crippen MR) is 126 cm³/mol. The second kappa shape index (κ2) is 12.7. The lowest BCUT2D eigenvalue weighted by Crippen LogP contribution is -2.55. The molecule has 0 unspecified atom stereocenters. The number of phenols is 2. The summed E-state index contributed by atoms with van der Waals surface area (Å²) in [7, 11) is 0. The first-order chi connectivity index (χ1) is 15.7. The van der Waals surface area contributed by atoms with Crippen LogP contribution in [0.15, 0.2) is 48.5 Å². The summed E-state index contributed by atoms with van der Waals surface area (Å²) in [4.78, 5) is 37.2. The van der Waals surface area contributed by atoms with E-state index in [1.54, 1.807) is 24.3 Å². The number of amides is 2. The quantitative estimate of drug-likeness (QED) is 0.265. The number of aromatic hydroxyl groups is 2. The average molecular weight is 476 g/mol. The number of benzene rings is 2. The maximum absolute atomic E-state index is 12.9. The van der Waals surface area contributed by atoms with Gasteiger partial charge in [-0.15, -0.1) is 0 Å². The Balaban J connectivity index is 2.13. The fraction of sp³-hybridized carbons (Fsp3) is 0.348. The molecule has 0 saturated carbocycles. The van der Waals surface area contributed by atoms with Gasteiger partial charge in [-0.25, -0.2) is 4.79 Å². The summed E-state index contributed by atoms with van der Waals surface area (Å²) in [5, 5.41) is 33.4. The summed E-state index contributed by atoms with van der Waals surface area (Å²) >= 11 is 1.46. The van der Waals surface area contributed by atoms with E-state index in [4.69, 9.17) is 5.73 Å². The molecule has 10 heteroatoms. The van der Waals surface area contributed by atoms with Crippen LogP contribution >= 0.6 is 11.8 Å². The fourth-order valence-electron chi connectivity index (χ4n) is 3.10. The third-order valence-corrected chi connectivity index (χ3v) is 5.61. The number of aliphatic carboxylic acids is 1. The van der Waals surface area contributed by atoms with Gasteiger partial charge in [0, 0.05) is 6.42 Å². The maximum atomic E-state index is 12.9. The molecule has 7 N–H and O–H groups in total. The Morgan fingerprint density at radius 1 is 0.848 bits per heavy atom. The minimum atomic E-state index is -1.16. The van der Waals surface area contributed by atoms with Gasteiger partial charge >= 0.3 is 5.97 Å². The molecule has 0 radical (unpaired) electrons. The normalized spacial score (nSPS) is 13.5. The van der Waals surface area contributed by atoms with Gasteiger partial charge in [-0.2, -0.15) is 11.8 Å². The number of nitrogens with one attached hydrogen (secondary N) is 2. The summed E-state index contributed by atoms with van der Waals surface area (Å²) in [6.07, 6.45) is 2.34. The standard InChI is InChI=1S/C23H29N3O6S/c1-33-11-10-19(23(31)32)25-22(30)20(13-15-4-8-17(28)9-5-15)26-21(29)18(24)12-14-2-6-16(27)7-3-14/h2-9,18-20,27-28H,10-13,24H2,1H3,(H,25,30)(H,26,29)(H,31,32)/t18-,19-,20-/m0/s1. The van der Waals surface area contributed by atoms with Crippen LogP contribution in [0.5, 0.6) is 11.5 Å². The predicted octanol–water partition coefficient (Wildman–Crippen LogP) is 1.02. The van der Waals surface area contributed by atoms with Crippen molar-refractivity contribution in [3.63, 3.8) is 0 Å². The number of carbonyl (C=O) groups is 3. The lowest BCUT2D eigenvalue weighted by molar-refractivity contribution is -0.142. The van der Waals surface area contributed by atoms with Gasteiger partial charge in [0.25, 0.3) is 0 Å². The highest BCUT2D eigenvalue weighted by atomic mass is 32.2. The first kappa shape index (κ1) is 26.0. The van der Waals surface area contributed by atoms with Crippen molar-refractivity contribution in [1.82, 2.24) is 10.6 Å². The number of hydrogen-bond acceptors (Lipinski definition) is 7. The number of carboxylic acids is 1. The van der Waals surface area contributed by atoms with Crippen LogP contribution < -0.4 is 16.4 Å². The van der Waals surface area contributed by atoms with E-state index in [0.717, 1.165) is 5.56 Å². The number of nitrogens with two attached hydrogens (primary N) is 1. The van der Waals surface area contributed by atoms with E-state index in [-0.39, 0.29) is 30.8 Å². The van der Waals surface area contributed by atoms with Gasteiger partial charge in [0.1, 0.15) is 23.6 Å². The smallest absolute Gasteiger partial charge is 0.326 e. The average Bonchev–Trinajstić information content (AvgIpc) is 2.78. The molecule has 3 atom stereocenters. The van der Waals surface area contributed by atoms with Crippen molar-refractivity contribution in [1.29, 1.82) is 0 Å². The van der Waals surface area contributed by atoms with Crippen molar-refractivity contribution in [3.8, 4) is 11.5 Å². The third kappa shape index (κ3) is 8.66. The molecular formula is C23H29N3O6S. The molecule has 0 bridgehead atoms. The van der Waals surface area contributed by atoms with Crippen LogP contribution in [0.2, 0.25) is 0 Å². The Morgan fingerprint density at radius 3 is 1.82 bits per heavy atom. The van der Waals surface area contributed by atoms with Crippen LogP contribution in [0.4, 0.5) is 0 Å². The van der Waals surface area contributed by atoms with Crippen LogP contribution in [0.25, 0.3) is 0 Å². The molecule has 2 amide bonds. The molecule has 0 aliphatic rings. The van der Waals surface area contributed by atoms with E-state index in [1.165, 1.54) is 36.0 Å². The lowest BCUT2D eigenvalue weighted by Gasteiger charge is -2.23. The van der Waals surface area contributed by atoms with Gasteiger partial charge < -0.3 is 31.7 Å². The number of carboxylic acid groups (broad SMARTS) is 1. The van der Waals surface area contributed by atoms with E-state index < -0.39 is 35.9 Å². The Kier molecular flexibility index (Phi) is 10.0. The minimum Gasteiger partial charge on any atom is -0.508 e. The van der Waals surface area contributed by atoms with Crippen molar-refractivity contribution in [2.24, 2.45) is 5.73 Å². The first-order valence-electron chi connectivity index (χ1n) is 10.3. The van der Waals surface area contributed by atoms with Crippen molar-refractivity contribution < 1.29 is 29.7 Å². The van der Waals surface area contributed by atoms with Crippen molar-refractivity contribution in [2.75, 3.05) is 12.0 Å². The van der Waals surface area contributed by atoms with Gasteiger partial charge in [-0.1, -0.05) is 24.3 Å². The summed E-state index contributed by atoms with van der Waals surface area (Å²) in [6.45, 7) is 0. The highest BCUT2D eigenvalue weighted by molar-refractivity contribution is 7.98. The number of thioether (sulfide) groups is 1. The Labute approximate surface area is 196 Å². The van der Waals surface area contributed by atoms with E-state index in [9.17, 15) is 29.7 Å². The van der Waals surface area contributed by atoms with E-state index in [2.05, 4.69) is 10.6 Å². The summed E-state index contributed by atoms with van der Waals surface area (Å²) < 4.78 is 0. The van der Waals surface area contributed by atoms with Crippen molar-refractivity contribution in [2.45, 2.75) is 37.4 Å². The molecular weight excluding hydrogens is 446 g/mol. The SMILES string of the molecule is CSCC[C@H](NC(=O)[C@H](Cc1ccc(O)cc1)NC(=O)[C@@H](N)Cc1ccc(O)cc1)C(=O)O. The second-order valence-corrected chi connectivity index (χ2v) is 8.58. The molecule has 9 nitrogen and oxygen atoms in total. The molecule has 2 aromatic carbocycles. The van der Waals surface area contributed by atoms with E-state index >= 15 is 0 Å². The van der Waals surface area contributed by atoms with Gasteiger partial charge in [-0.3, -0.25) is 9.59 Å². The second-order valence-electron chi connectivity index (χ2n) is 7.59.